The zero-order chi connectivity index (χ0) is 14.3. The number of anilines is 1. The van der Waals surface area contributed by atoms with Crippen molar-refractivity contribution < 1.29 is 0 Å². The fourth-order valence-corrected chi connectivity index (χ4v) is 3.16. The molecule has 0 bridgehead atoms. The van der Waals surface area contributed by atoms with Crippen LogP contribution in [0.15, 0.2) is 18.2 Å². The molecular formula is C15H17Cl2N3. The largest absolute Gasteiger partial charge is 0.369 e. The molecule has 0 spiro atoms. The molecular weight excluding hydrogens is 293 g/mol. The summed E-state index contributed by atoms with van der Waals surface area (Å²) in [6.07, 6.45) is 2.02. The van der Waals surface area contributed by atoms with E-state index in [1.165, 1.54) is 11.3 Å². The second kappa shape index (κ2) is 5.30. The monoisotopic (exact) mass is 309 g/mol. The van der Waals surface area contributed by atoms with Gasteiger partial charge in [-0.1, -0.05) is 37.0 Å². The molecule has 2 heterocycles. The molecule has 0 fully saturated rings. The summed E-state index contributed by atoms with van der Waals surface area (Å²) in [5, 5.41) is 9.43. The Morgan fingerprint density at radius 3 is 2.60 bits per heavy atom. The van der Waals surface area contributed by atoms with Crippen molar-refractivity contribution in [1.29, 1.82) is 0 Å². The Hall–Kier alpha value is -1.19. The van der Waals surface area contributed by atoms with Crippen LogP contribution in [0.25, 0.3) is 5.69 Å². The number of benzene rings is 1. The summed E-state index contributed by atoms with van der Waals surface area (Å²) >= 11 is 12.2. The van der Waals surface area contributed by atoms with Gasteiger partial charge in [0, 0.05) is 22.2 Å². The van der Waals surface area contributed by atoms with E-state index in [1.807, 2.05) is 16.8 Å². The van der Waals surface area contributed by atoms with Gasteiger partial charge in [-0.25, -0.2) is 4.68 Å². The van der Waals surface area contributed by atoms with Crippen LogP contribution in [0.1, 0.15) is 25.1 Å². The number of rotatable bonds is 3. The van der Waals surface area contributed by atoms with E-state index < -0.39 is 0 Å². The van der Waals surface area contributed by atoms with E-state index in [9.17, 15) is 0 Å². The second-order valence-corrected chi connectivity index (χ2v) is 6.46. The number of nitrogens with zero attached hydrogens (tertiary/aromatic N) is 2. The van der Waals surface area contributed by atoms with Gasteiger partial charge in [-0.2, -0.15) is 5.10 Å². The molecule has 0 radical (unpaired) electrons. The molecule has 3 rings (SSSR count). The molecule has 106 valence electrons. The van der Waals surface area contributed by atoms with Crippen LogP contribution >= 0.6 is 23.2 Å². The molecule has 0 amide bonds. The Bertz CT molecular complexity index is 627. The predicted molar refractivity (Wildman–Crippen MR) is 84.3 cm³/mol. The Balaban J connectivity index is 2.10. The Kier molecular flexibility index (Phi) is 3.65. The fraction of sp³-hybridized carbons (Fsp3) is 0.400. The average Bonchev–Trinajstić information content (AvgIpc) is 2.91. The van der Waals surface area contributed by atoms with E-state index in [2.05, 4.69) is 19.2 Å². The molecule has 20 heavy (non-hydrogen) atoms. The SMILES string of the molecule is CC(C)Cc1nn(-c2cc(Cl)cc(Cl)c2)c2c1CCN2. The number of hydrogen-bond acceptors (Lipinski definition) is 2. The lowest BCUT2D eigenvalue weighted by molar-refractivity contribution is 0.624. The normalized spacial score (nSPS) is 13.7. The van der Waals surface area contributed by atoms with Crippen LogP contribution in [0, 0.1) is 5.92 Å². The van der Waals surface area contributed by atoms with Gasteiger partial charge in [-0.05, 0) is 37.0 Å². The summed E-state index contributed by atoms with van der Waals surface area (Å²) < 4.78 is 1.93. The van der Waals surface area contributed by atoms with Crippen molar-refractivity contribution in [1.82, 2.24) is 9.78 Å². The third kappa shape index (κ3) is 2.52. The highest BCUT2D eigenvalue weighted by molar-refractivity contribution is 6.34. The minimum Gasteiger partial charge on any atom is -0.369 e. The first-order chi connectivity index (χ1) is 9.54. The van der Waals surface area contributed by atoms with Crippen LogP contribution in [0.2, 0.25) is 10.0 Å². The summed E-state index contributed by atoms with van der Waals surface area (Å²) in [6, 6.07) is 5.51. The van der Waals surface area contributed by atoms with E-state index in [1.54, 1.807) is 6.07 Å². The zero-order valence-electron chi connectivity index (χ0n) is 11.6. The number of fused-ring (bicyclic) bond motifs is 1. The quantitative estimate of drug-likeness (QED) is 0.913. The maximum atomic E-state index is 6.10. The highest BCUT2D eigenvalue weighted by atomic mass is 35.5. The van der Waals surface area contributed by atoms with Crippen molar-refractivity contribution in [3.8, 4) is 5.69 Å². The van der Waals surface area contributed by atoms with E-state index in [4.69, 9.17) is 28.3 Å². The topological polar surface area (TPSA) is 29.9 Å². The Labute approximate surface area is 128 Å². The lowest BCUT2D eigenvalue weighted by Gasteiger charge is -2.07. The summed E-state index contributed by atoms with van der Waals surface area (Å²) in [6.45, 7) is 5.39. The van der Waals surface area contributed by atoms with Crippen molar-refractivity contribution in [2.75, 3.05) is 11.9 Å². The summed E-state index contributed by atoms with van der Waals surface area (Å²) in [5.41, 5.74) is 3.41. The minimum absolute atomic E-state index is 0.589. The predicted octanol–water partition coefficient (Wildman–Crippen LogP) is 4.35. The number of hydrogen-bond donors (Lipinski definition) is 1. The van der Waals surface area contributed by atoms with Crippen molar-refractivity contribution >= 4 is 29.0 Å². The number of halogens is 2. The standard InChI is InChI=1S/C15H17Cl2N3/c1-9(2)5-14-13-3-4-18-15(13)20(19-14)12-7-10(16)6-11(17)8-12/h6-9,18H,3-5H2,1-2H3. The highest BCUT2D eigenvalue weighted by Gasteiger charge is 2.23. The van der Waals surface area contributed by atoms with Gasteiger partial charge in [0.05, 0.1) is 11.4 Å². The summed E-state index contributed by atoms with van der Waals surface area (Å²) in [7, 11) is 0. The molecule has 1 aliphatic rings. The lowest BCUT2D eigenvalue weighted by Crippen LogP contribution is -2.06. The highest BCUT2D eigenvalue weighted by Crippen LogP contribution is 2.31. The van der Waals surface area contributed by atoms with Crippen LogP contribution < -0.4 is 5.32 Å². The van der Waals surface area contributed by atoms with Crippen molar-refractivity contribution in [2.45, 2.75) is 26.7 Å². The molecule has 0 saturated carbocycles. The Morgan fingerprint density at radius 2 is 1.95 bits per heavy atom. The Morgan fingerprint density at radius 1 is 1.25 bits per heavy atom. The van der Waals surface area contributed by atoms with Gasteiger partial charge in [0.1, 0.15) is 5.82 Å². The van der Waals surface area contributed by atoms with Gasteiger partial charge in [0.25, 0.3) is 0 Å². The molecule has 1 aliphatic heterocycles. The maximum absolute atomic E-state index is 6.10. The van der Waals surface area contributed by atoms with Gasteiger partial charge in [-0.15, -0.1) is 0 Å². The summed E-state index contributed by atoms with van der Waals surface area (Å²) in [4.78, 5) is 0. The van der Waals surface area contributed by atoms with Gasteiger partial charge < -0.3 is 5.32 Å². The van der Waals surface area contributed by atoms with E-state index in [0.29, 0.717) is 16.0 Å². The summed E-state index contributed by atoms with van der Waals surface area (Å²) in [5.74, 6) is 1.67. The van der Waals surface area contributed by atoms with E-state index in [-0.39, 0.29) is 0 Å². The molecule has 1 aromatic heterocycles. The van der Waals surface area contributed by atoms with Crippen LogP contribution in [0.5, 0.6) is 0 Å². The van der Waals surface area contributed by atoms with Gasteiger partial charge >= 0.3 is 0 Å². The third-order valence-corrected chi connectivity index (χ3v) is 3.86. The van der Waals surface area contributed by atoms with Crippen LogP contribution in [0.4, 0.5) is 5.82 Å². The molecule has 0 aliphatic carbocycles. The van der Waals surface area contributed by atoms with Crippen LogP contribution in [-0.4, -0.2) is 16.3 Å². The molecule has 2 aromatic rings. The molecule has 3 nitrogen and oxygen atoms in total. The minimum atomic E-state index is 0.589. The van der Waals surface area contributed by atoms with Crippen LogP contribution in [-0.2, 0) is 12.8 Å². The lowest BCUT2D eigenvalue weighted by atomic mass is 10.0. The first-order valence-electron chi connectivity index (χ1n) is 6.85. The van der Waals surface area contributed by atoms with Gasteiger partial charge in [0.2, 0.25) is 0 Å². The number of nitrogens with one attached hydrogen (secondary N) is 1. The molecule has 0 unspecified atom stereocenters. The van der Waals surface area contributed by atoms with Crippen molar-refractivity contribution in [3.05, 3.63) is 39.5 Å². The van der Waals surface area contributed by atoms with E-state index >= 15 is 0 Å². The van der Waals surface area contributed by atoms with Gasteiger partial charge in [-0.3, -0.25) is 0 Å². The maximum Gasteiger partial charge on any atom is 0.133 e. The van der Waals surface area contributed by atoms with Crippen molar-refractivity contribution in [2.24, 2.45) is 5.92 Å². The first-order valence-corrected chi connectivity index (χ1v) is 7.61. The number of aromatic nitrogens is 2. The molecule has 1 aromatic carbocycles. The average molecular weight is 310 g/mol. The molecule has 1 N–H and O–H groups in total. The first kappa shape index (κ1) is 13.8. The molecule has 5 heteroatoms. The second-order valence-electron chi connectivity index (χ2n) is 5.59. The van der Waals surface area contributed by atoms with Crippen LogP contribution in [0.3, 0.4) is 0 Å². The molecule has 0 saturated heterocycles. The zero-order valence-corrected chi connectivity index (χ0v) is 13.1. The van der Waals surface area contributed by atoms with Crippen molar-refractivity contribution in [3.63, 3.8) is 0 Å². The van der Waals surface area contributed by atoms with Gasteiger partial charge in [0.15, 0.2) is 0 Å². The smallest absolute Gasteiger partial charge is 0.133 e. The molecule has 0 atom stereocenters. The fourth-order valence-electron chi connectivity index (χ4n) is 2.64. The van der Waals surface area contributed by atoms with E-state index in [0.717, 1.165) is 30.9 Å². The third-order valence-electron chi connectivity index (χ3n) is 3.43.